The Balaban J connectivity index is 1.80. The lowest BCUT2D eigenvalue weighted by Gasteiger charge is -2.05. The minimum atomic E-state index is -4.35. The normalized spacial score (nSPS) is 11.4. The number of nitro benzene ring substituents is 1. The van der Waals surface area contributed by atoms with E-state index in [1.165, 1.54) is 18.2 Å². The van der Waals surface area contributed by atoms with E-state index >= 15 is 0 Å². The second-order valence-corrected chi connectivity index (χ2v) is 7.67. The molecule has 0 amide bonds. The smallest absolute Gasteiger partial charge is 0.351 e. The number of aromatic nitrogens is 4. The molecule has 0 spiro atoms. The fourth-order valence-corrected chi connectivity index (χ4v) is 3.82. The first-order chi connectivity index (χ1) is 13.2. The van der Waals surface area contributed by atoms with Gasteiger partial charge in [0, 0.05) is 23.4 Å². The average Bonchev–Trinajstić information content (AvgIpc) is 3.06. The summed E-state index contributed by atoms with van der Waals surface area (Å²) in [6.07, 6.45) is -4.35. The van der Waals surface area contributed by atoms with Gasteiger partial charge in [-0.25, -0.2) is 9.97 Å². The standard InChI is InChI=1S/C15H11F3N6O2S2/c1-8-5-11(27-14-23-22-13(28-14)19-7-15(16,17)18)21-12(20-8)9-3-2-4-10(6-9)24(25)26/h2-6H,7H2,1H3,(H,19,22). The highest BCUT2D eigenvalue weighted by atomic mass is 32.2. The maximum absolute atomic E-state index is 12.3. The van der Waals surface area contributed by atoms with Gasteiger partial charge in [-0.05, 0) is 24.8 Å². The number of anilines is 1. The summed E-state index contributed by atoms with van der Waals surface area (Å²) in [6.45, 7) is 0.541. The fourth-order valence-electron chi connectivity index (χ4n) is 2.07. The molecule has 0 saturated carbocycles. The zero-order valence-corrected chi connectivity index (χ0v) is 15.7. The molecular formula is C15H11F3N6O2S2. The molecule has 3 rings (SSSR count). The van der Waals surface area contributed by atoms with Crippen molar-refractivity contribution in [1.82, 2.24) is 20.2 Å². The van der Waals surface area contributed by atoms with E-state index in [9.17, 15) is 23.3 Å². The van der Waals surface area contributed by atoms with Crippen LogP contribution in [-0.4, -0.2) is 37.8 Å². The quantitative estimate of drug-likeness (QED) is 0.351. The van der Waals surface area contributed by atoms with Crippen molar-refractivity contribution in [2.24, 2.45) is 0 Å². The summed E-state index contributed by atoms with van der Waals surface area (Å²) < 4.78 is 37.2. The lowest BCUT2D eigenvalue weighted by Crippen LogP contribution is -2.21. The molecule has 2 heterocycles. The van der Waals surface area contributed by atoms with Crippen LogP contribution in [-0.2, 0) is 0 Å². The molecule has 0 aliphatic heterocycles. The molecule has 0 aliphatic rings. The molecule has 1 N–H and O–H groups in total. The first kappa shape index (κ1) is 19.9. The zero-order chi connectivity index (χ0) is 20.3. The first-order valence-corrected chi connectivity index (χ1v) is 9.25. The number of non-ortho nitro benzene ring substituents is 1. The van der Waals surface area contributed by atoms with Gasteiger partial charge in [0.1, 0.15) is 11.6 Å². The predicted octanol–water partition coefficient (Wildman–Crippen LogP) is 4.34. The van der Waals surface area contributed by atoms with Crippen LogP contribution in [0.15, 0.2) is 39.7 Å². The van der Waals surface area contributed by atoms with Gasteiger partial charge in [-0.1, -0.05) is 23.5 Å². The average molecular weight is 428 g/mol. The van der Waals surface area contributed by atoms with E-state index in [4.69, 9.17) is 0 Å². The Bertz CT molecular complexity index is 1010. The summed E-state index contributed by atoms with van der Waals surface area (Å²) in [7, 11) is 0. The van der Waals surface area contributed by atoms with Crippen molar-refractivity contribution in [2.45, 2.75) is 22.5 Å². The summed E-state index contributed by atoms with van der Waals surface area (Å²) in [5.41, 5.74) is 1.02. The third kappa shape index (κ3) is 5.36. The molecule has 0 fully saturated rings. The van der Waals surface area contributed by atoms with Gasteiger partial charge in [0.05, 0.1) is 4.92 Å². The molecule has 28 heavy (non-hydrogen) atoms. The largest absolute Gasteiger partial charge is 0.405 e. The van der Waals surface area contributed by atoms with Crippen molar-refractivity contribution < 1.29 is 18.1 Å². The molecule has 0 aliphatic carbocycles. The number of nitrogens with zero attached hydrogens (tertiary/aromatic N) is 5. The number of nitro groups is 1. The lowest BCUT2D eigenvalue weighted by atomic mass is 10.2. The molecule has 0 unspecified atom stereocenters. The van der Waals surface area contributed by atoms with Crippen LogP contribution in [0.1, 0.15) is 5.69 Å². The highest BCUT2D eigenvalue weighted by molar-refractivity contribution is 8.01. The Morgan fingerprint density at radius 3 is 2.75 bits per heavy atom. The van der Waals surface area contributed by atoms with Crippen molar-refractivity contribution in [3.8, 4) is 11.4 Å². The van der Waals surface area contributed by atoms with E-state index in [0.717, 1.165) is 23.1 Å². The number of nitrogens with one attached hydrogen (secondary N) is 1. The molecule has 3 aromatic rings. The van der Waals surface area contributed by atoms with Crippen LogP contribution in [0.2, 0.25) is 0 Å². The molecule has 13 heteroatoms. The first-order valence-electron chi connectivity index (χ1n) is 7.62. The van der Waals surface area contributed by atoms with Crippen molar-refractivity contribution in [2.75, 3.05) is 11.9 Å². The summed E-state index contributed by atoms with van der Waals surface area (Å²) in [5, 5.41) is 21.2. The van der Waals surface area contributed by atoms with Gasteiger partial charge in [0.2, 0.25) is 5.13 Å². The molecule has 2 aromatic heterocycles. The number of halogens is 3. The van der Waals surface area contributed by atoms with Crippen LogP contribution >= 0.6 is 23.1 Å². The van der Waals surface area contributed by atoms with E-state index < -0.39 is 17.6 Å². The van der Waals surface area contributed by atoms with E-state index in [2.05, 4.69) is 25.5 Å². The Morgan fingerprint density at radius 1 is 1.25 bits per heavy atom. The van der Waals surface area contributed by atoms with Gasteiger partial charge in [0.15, 0.2) is 10.2 Å². The van der Waals surface area contributed by atoms with Gasteiger partial charge in [-0.15, -0.1) is 10.2 Å². The number of rotatable bonds is 6. The summed E-state index contributed by atoms with van der Waals surface area (Å²) >= 11 is 2.08. The summed E-state index contributed by atoms with van der Waals surface area (Å²) in [5.74, 6) is 0.297. The SMILES string of the molecule is Cc1cc(Sc2nnc(NCC(F)(F)F)s2)nc(-c2cccc([N+](=O)[O-])c2)n1. The fraction of sp³-hybridized carbons (Fsp3) is 0.200. The van der Waals surface area contributed by atoms with E-state index in [0.29, 0.717) is 26.4 Å². The Hall–Kier alpha value is -2.80. The second kappa shape index (κ2) is 8.06. The van der Waals surface area contributed by atoms with Crippen LogP contribution in [0, 0.1) is 17.0 Å². The summed E-state index contributed by atoms with van der Waals surface area (Å²) in [4.78, 5) is 19.1. The second-order valence-electron chi connectivity index (χ2n) is 5.42. The van der Waals surface area contributed by atoms with Crippen molar-refractivity contribution in [3.05, 3.63) is 46.1 Å². The van der Waals surface area contributed by atoms with Gasteiger partial charge in [0.25, 0.3) is 5.69 Å². The van der Waals surface area contributed by atoms with Crippen LogP contribution < -0.4 is 5.32 Å². The maximum atomic E-state index is 12.3. The molecule has 1 aromatic carbocycles. The predicted molar refractivity (Wildman–Crippen MR) is 97.4 cm³/mol. The van der Waals surface area contributed by atoms with Gasteiger partial charge >= 0.3 is 6.18 Å². The number of benzene rings is 1. The zero-order valence-electron chi connectivity index (χ0n) is 14.1. The maximum Gasteiger partial charge on any atom is 0.405 e. The minimum absolute atomic E-state index is 0.0458. The van der Waals surface area contributed by atoms with E-state index in [1.54, 1.807) is 19.1 Å². The lowest BCUT2D eigenvalue weighted by molar-refractivity contribution is -0.384. The third-order valence-electron chi connectivity index (χ3n) is 3.18. The highest BCUT2D eigenvalue weighted by Gasteiger charge is 2.27. The molecule has 0 radical (unpaired) electrons. The summed E-state index contributed by atoms with van der Waals surface area (Å²) in [6, 6.07) is 7.60. The van der Waals surface area contributed by atoms with Gasteiger partial charge < -0.3 is 5.32 Å². The van der Waals surface area contributed by atoms with E-state index in [1.807, 2.05) is 0 Å². The number of alkyl halides is 3. The molecule has 8 nitrogen and oxygen atoms in total. The van der Waals surface area contributed by atoms with Crippen molar-refractivity contribution in [1.29, 1.82) is 0 Å². The Morgan fingerprint density at radius 2 is 2.04 bits per heavy atom. The van der Waals surface area contributed by atoms with Gasteiger partial charge in [-0.3, -0.25) is 10.1 Å². The molecule has 0 bridgehead atoms. The Labute approximate surface area is 164 Å². The van der Waals surface area contributed by atoms with Crippen LogP contribution in [0.5, 0.6) is 0 Å². The minimum Gasteiger partial charge on any atom is -0.351 e. The van der Waals surface area contributed by atoms with Gasteiger partial charge in [-0.2, -0.15) is 13.2 Å². The molecular weight excluding hydrogens is 417 g/mol. The Kier molecular flexibility index (Phi) is 5.74. The van der Waals surface area contributed by atoms with E-state index in [-0.39, 0.29) is 10.8 Å². The number of aryl methyl sites for hydroxylation is 1. The number of hydrogen-bond donors (Lipinski definition) is 1. The third-order valence-corrected chi connectivity index (χ3v) is 5.03. The monoisotopic (exact) mass is 428 g/mol. The van der Waals surface area contributed by atoms with Crippen LogP contribution in [0.3, 0.4) is 0 Å². The van der Waals surface area contributed by atoms with Crippen LogP contribution in [0.25, 0.3) is 11.4 Å². The van der Waals surface area contributed by atoms with Crippen molar-refractivity contribution in [3.63, 3.8) is 0 Å². The van der Waals surface area contributed by atoms with Crippen molar-refractivity contribution >= 4 is 33.9 Å². The highest BCUT2D eigenvalue weighted by Crippen LogP contribution is 2.32. The molecule has 0 atom stereocenters. The topological polar surface area (TPSA) is 107 Å². The number of hydrogen-bond acceptors (Lipinski definition) is 9. The molecule has 0 saturated heterocycles. The van der Waals surface area contributed by atoms with Crippen LogP contribution in [0.4, 0.5) is 24.0 Å². The molecule has 146 valence electrons.